The van der Waals surface area contributed by atoms with Crippen molar-refractivity contribution in [1.82, 2.24) is 4.72 Å². The molecule has 1 heterocycles. The van der Waals surface area contributed by atoms with Crippen molar-refractivity contribution in [1.29, 1.82) is 0 Å². The molecule has 0 radical (unpaired) electrons. The number of nitrogens with one attached hydrogen (secondary N) is 1. The molecule has 130 valence electrons. The summed E-state index contributed by atoms with van der Waals surface area (Å²) >= 11 is 0. The van der Waals surface area contributed by atoms with E-state index in [2.05, 4.69) is 0 Å². The summed E-state index contributed by atoms with van der Waals surface area (Å²) in [5, 5.41) is 0. The standard InChI is InChI=1S/C18H17NO5S/c20-18(19-25(21,22)13-15-4-2-1-3-5-15)9-7-14-6-8-16-17(12-14)24-11-10-23-16/h1-9,12H,10-11,13H2,(H,19,20)/b9-7+. The van der Waals surface area contributed by atoms with E-state index in [1.165, 1.54) is 12.2 Å². The number of carbonyl (C=O) groups excluding carboxylic acids is 1. The molecule has 6 nitrogen and oxygen atoms in total. The van der Waals surface area contributed by atoms with Crippen LogP contribution < -0.4 is 14.2 Å². The smallest absolute Gasteiger partial charge is 0.257 e. The number of hydrogen-bond acceptors (Lipinski definition) is 5. The molecule has 1 amide bonds. The van der Waals surface area contributed by atoms with Gasteiger partial charge >= 0.3 is 0 Å². The molecule has 2 aromatic carbocycles. The number of benzene rings is 2. The van der Waals surface area contributed by atoms with Crippen molar-refractivity contribution in [3.8, 4) is 11.5 Å². The second-order valence-corrected chi connectivity index (χ2v) is 7.17. The van der Waals surface area contributed by atoms with Crippen molar-refractivity contribution < 1.29 is 22.7 Å². The largest absolute Gasteiger partial charge is 0.486 e. The first-order valence-corrected chi connectivity index (χ1v) is 9.33. The molecule has 0 bridgehead atoms. The lowest BCUT2D eigenvalue weighted by atomic mass is 10.2. The fraction of sp³-hybridized carbons (Fsp3) is 0.167. The van der Waals surface area contributed by atoms with Crippen LogP contribution in [0, 0.1) is 0 Å². The highest BCUT2D eigenvalue weighted by Gasteiger charge is 2.14. The van der Waals surface area contributed by atoms with E-state index < -0.39 is 15.9 Å². The zero-order valence-electron chi connectivity index (χ0n) is 13.3. The van der Waals surface area contributed by atoms with Crippen molar-refractivity contribution in [3.63, 3.8) is 0 Å². The Morgan fingerprint density at radius 3 is 2.52 bits per heavy atom. The lowest BCUT2D eigenvalue weighted by Gasteiger charge is -2.18. The Bertz CT molecular complexity index is 891. The summed E-state index contributed by atoms with van der Waals surface area (Å²) in [5.74, 6) is 0.298. The average Bonchev–Trinajstić information content (AvgIpc) is 2.60. The summed E-state index contributed by atoms with van der Waals surface area (Å²) in [7, 11) is -3.75. The van der Waals surface area contributed by atoms with Gasteiger partial charge in [0.1, 0.15) is 13.2 Å². The van der Waals surface area contributed by atoms with Crippen LogP contribution >= 0.6 is 0 Å². The van der Waals surface area contributed by atoms with Crippen molar-refractivity contribution in [2.45, 2.75) is 5.75 Å². The van der Waals surface area contributed by atoms with E-state index in [4.69, 9.17) is 9.47 Å². The summed E-state index contributed by atoms with van der Waals surface area (Å²) in [6.45, 7) is 0.974. The summed E-state index contributed by atoms with van der Waals surface area (Å²) < 4.78 is 36.9. The Hall–Kier alpha value is -2.80. The Morgan fingerprint density at radius 1 is 1.04 bits per heavy atom. The molecule has 0 aliphatic carbocycles. The van der Waals surface area contributed by atoms with E-state index in [-0.39, 0.29) is 5.75 Å². The van der Waals surface area contributed by atoms with Gasteiger partial charge < -0.3 is 9.47 Å². The summed E-state index contributed by atoms with van der Waals surface area (Å²) in [6, 6.07) is 13.9. The Balaban J connectivity index is 1.63. The zero-order valence-corrected chi connectivity index (χ0v) is 14.2. The Labute approximate surface area is 146 Å². The fourth-order valence-corrected chi connectivity index (χ4v) is 3.43. The zero-order chi connectivity index (χ0) is 17.7. The van der Waals surface area contributed by atoms with Crippen LogP contribution in [0.5, 0.6) is 11.5 Å². The minimum atomic E-state index is -3.75. The van der Waals surface area contributed by atoms with Crippen molar-refractivity contribution in [3.05, 3.63) is 65.7 Å². The summed E-state index contributed by atoms with van der Waals surface area (Å²) in [4.78, 5) is 11.9. The molecular weight excluding hydrogens is 342 g/mol. The number of amides is 1. The highest BCUT2D eigenvalue weighted by atomic mass is 32.2. The molecule has 1 N–H and O–H groups in total. The molecule has 7 heteroatoms. The van der Waals surface area contributed by atoms with E-state index in [1.807, 2.05) is 4.72 Å². The molecule has 2 aromatic rings. The van der Waals surface area contributed by atoms with E-state index in [0.29, 0.717) is 35.8 Å². The third kappa shape index (κ3) is 4.84. The minimum absolute atomic E-state index is 0.253. The minimum Gasteiger partial charge on any atom is -0.486 e. The first-order valence-electron chi connectivity index (χ1n) is 7.68. The first-order chi connectivity index (χ1) is 12.0. The third-order valence-corrected chi connectivity index (χ3v) is 4.67. The Kier molecular flexibility index (Phi) is 5.04. The van der Waals surface area contributed by atoms with Crippen LogP contribution in [0.2, 0.25) is 0 Å². The topological polar surface area (TPSA) is 81.7 Å². The molecule has 0 spiro atoms. The number of ether oxygens (including phenoxy) is 2. The second kappa shape index (κ2) is 7.40. The first kappa shape index (κ1) is 17.0. The number of fused-ring (bicyclic) bond motifs is 1. The SMILES string of the molecule is O=C(/C=C/c1ccc2c(c1)OCCO2)NS(=O)(=O)Cc1ccccc1. The maximum absolute atomic E-state index is 12.0. The number of carbonyl (C=O) groups is 1. The highest BCUT2D eigenvalue weighted by molar-refractivity contribution is 7.89. The van der Waals surface area contributed by atoms with Crippen molar-refractivity contribution in [2.24, 2.45) is 0 Å². The number of rotatable bonds is 5. The average molecular weight is 359 g/mol. The molecular formula is C18H17NO5S. The molecule has 0 fully saturated rings. The lowest BCUT2D eigenvalue weighted by molar-refractivity contribution is -0.114. The van der Waals surface area contributed by atoms with Crippen LogP contribution in [0.1, 0.15) is 11.1 Å². The summed E-state index contributed by atoms with van der Waals surface area (Å²) in [6.07, 6.45) is 2.69. The van der Waals surface area contributed by atoms with Crippen LogP contribution in [0.4, 0.5) is 0 Å². The fourth-order valence-electron chi connectivity index (χ4n) is 2.35. The molecule has 3 rings (SSSR count). The lowest BCUT2D eigenvalue weighted by Crippen LogP contribution is -2.30. The monoisotopic (exact) mass is 359 g/mol. The number of sulfonamides is 1. The van der Waals surface area contributed by atoms with E-state index in [9.17, 15) is 13.2 Å². The van der Waals surface area contributed by atoms with Gasteiger partial charge in [-0.3, -0.25) is 4.79 Å². The maximum Gasteiger partial charge on any atom is 0.257 e. The van der Waals surface area contributed by atoms with Gasteiger partial charge in [-0.05, 0) is 29.3 Å². The maximum atomic E-state index is 12.0. The third-order valence-electron chi connectivity index (χ3n) is 3.45. The van der Waals surface area contributed by atoms with Gasteiger partial charge in [-0.2, -0.15) is 0 Å². The van der Waals surface area contributed by atoms with Gasteiger partial charge in [-0.1, -0.05) is 36.4 Å². The Morgan fingerprint density at radius 2 is 1.76 bits per heavy atom. The van der Waals surface area contributed by atoms with Crippen LogP contribution in [0.15, 0.2) is 54.6 Å². The predicted molar refractivity (Wildman–Crippen MR) is 93.7 cm³/mol. The van der Waals surface area contributed by atoms with Gasteiger partial charge in [0.15, 0.2) is 11.5 Å². The van der Waals surface area contributed by atoms with E-state index in [1.54, 1.807) is 48.5 Å². The second-order valence-electron chi connectivity index (χ2n) is 5.45. The van der Waals surface area contributed by atoms with Crippen LogP contribution in [0.3, 0.4) is 0 Å². The van der Waals surface area contributed by atoms with Gasteiger partial charge in [-0.15, -0.1) is 0 Å². The molecule has 1 aliphatic heterocycles. The van der Waals surface area contributed by atoms with Gasteiger partial charge in [0.05, 0.1) is 5.75 Å². The van der Waals surface area contributed by atoms with E-state index >= 15 is 0 Å². The predicted octanol–water partition coefficient (Wildman–Crippen LogP) is 2.12. The molecule has 0 unspecified atom stereocenters. The molecule has 0 saturated heterocycles. The van der Waals surface area contributed by atoms with Gasteiger partial charge in [0.2, 0.25) is 10.0 Å². The molecule has 25 heavy (non-hydrogen) atoms. The summed E-state index contributed by atoms with van der Waals surface area (Å²) in [5.41, 5.74) is 1.32. The molecule has 0 saturated carbocycles. The van der Waals surface area contributed by atoms with Crippen molar-refractivity contribution >= 4 is 22.0 Å². The molecule has 1 aliphatic rings. The van der Waals surface area contributed by atoms with Crippen LogP contribution in [-0.2, 0) is 20.6 Å². The van der Waals surface area contributed by atoms with Crippen LogP contribution in [-0.4, -0.2) is 27.5 Å². The van der Waals surface area contributed by atoms with Gasteiger partial charge in [0, 0.05) is 6.08 Å². The van der Waals surface area contributed by atoms with Gasteiger partial charge in [0.25, 0.3) is 5.91 Å². The normalized spacial score (nSPS) is 13.6. The molecule has 0 atom stereocenters. The highest BCUT2D eigenvalue weighted by Crippen LogP contribution is 2.31. The van der Waals surface area contributed by atoms with E-state index in [0.717, 1.165) is 0 Å². The number of hydrogen-bond donors (Lipinski definition) is 1. The molecule has 0 aromatic heterocycles. The quantitative estimate of drug-likeness (QED) is 0.827. The van der Waals surface area contributed by atoms with Gasteiger partial charge in [-0.25, -0.2) is 13.1 Å². The van der Waals surface area contributed by atoms with Crippen molar-refractivity contribution in [2.75, 3.05) is 13.2 Å². The van der Waals surface area contributed by atoms with Crippen LogP contribution in [0.25, 0.3) is 6.08 Å².